The molecule has 2 amide bonds. The van der Waals surface area contributed by atoms with Crippen LogP contribution < -0.4 is 11.2 Å². The summed E-state index contributed by atoms with van der Waals surface area (Å²) in [6.07, 6.45) is 2.85. The summed E-state index contributed by atoms with van der Waals surface area (Å²) in [5.74, 6) is -0.419. The van der Waals surface area contributed by atoms with Gasteiger partial charge in [-0.05, 0) is 43.7 Å². The van der Waals surface area contributed by atoms with Gasteiger partial charge in [-0.2, -0.15) is 0 Å². The highest BCUT2D eigenvalue weighted by molar-refractivity contribution is 5.81. The first-order valence-corrected chi connectivity index (χ1v) is 11.7. The van der Waals surface area contributed by atoms with Crippen molar-refractivity contribution in [3.63, 3.8) is 0 Å². The van der Waals surface area contributed by atoms with E-state index < -0.39 is 17.1 Å². The average Bonchev–Trinajstić information content (AvgIpc) is 2.81. The summed E-state index contributed by atoms with van der Waals surface area (Å²) < 4.78 is 15.2. The zero-order chi connectivity index (χ0) is 23.7. The molecule has 0 spiro atoms. The predicted molar refractivity (Wildman–Crippen MR) is 122 cm³/mol. The number of nitrogens with one attached hydrogen (secondary N) is 1. The molecule has 2 aliphatic rings. The van der Waals surface area contributed by atoms with Crippen molar-refractivity contribution in [3.8, 4) is 0 Å². The van der Waals surface area contributed by atoms with Crippen LogP contribution in [0.25, 0.3) is 10.9 Å². The van der Waals surface area contributed by atoms with Crippen molar-refractivity contribution in [3.05, 3.63) is 44.9 Å². The Balaban J connectivity index is 1.35. The summed E-state index contributed by atoms with van der Waals surface area (Å²) in [5, 5.41) is -0.101. The number of rotatable bonds is 4. The van der Waals surface area contributed by atoms with Crippen molar-refractivity contribution in [1.82, 2.24) is 19.4 Å². The average molecular weight is 459 g/mol. The molecular weight excluding hydrogens is 427 g/mol. The van der Waals surface area contributed by atoms with E-state index in [1.807, 2.05) is 23.6 Å². The molecule has 1 saturated heterocycles. The van der Waals surface area contributed by atoms with Gasteiger partial charge in [-0.25, -0.2) is 9.18 Å². The molecule has 2 heterocycles. The number of hydrogen-bond acceptors (Lipinski definition) is 4. The minimum atomic E-state index is -0.646. The molecule has 9 heteroatoms. The lowest BCUT2D eigenvalue weighted by Gasteiger charge is -2.38. The molecule has 33 heavy (non-hydrogen) atoms. The maximum Gasteiger partial charge on any atom is 0.328 e. The molecule has 0 radical (unpaired) electrons. The van der Waals surface area contributed by atoms with E-state index in [9.17, 15) is 23.6 Å². The molecule has 2 fully saturated rings. The molecule has 1 saturated carbocycles. The van der Waals surface area contributed by atoms with Gasteiger partial charge in [0.05, 0.1) is 10.9 Å². The highest BCUT2D eigenvalue weighted by Gasteiger charge is 2.32. The maximum absolute atomic E-state index is 14.2. The third-order valence-corrected chi connectivity index (χ3v) is 6.99. The minimum Gasteiger partial charge on any atom is -0.339 e. The number of carbonyl (C=O) groups excluding carboxylic acids is 2. The smallest absolute Gasteiger partial charge is 0.328 e. The Morgan fingerprint density at radius 3 is 2.30 bits per heavy atom. The van der Waals surface area contributed by atoms with Gasteiger partial charge in [-0.1, -0.05) is 19.9 Å². The van der Waals surface area contributed by atoms with Crippen LogP contribution in [0, 0.1) is 23.6 Å². The van der Waals surface area contributed by atoms with Crippen molar-refractivity contribution in [2.45, 2.75) is 46.1 Å². The third kappa shape index (κ3) is 4.72. The first-order valence-electron chi connectivity index (χ1n) is 11.7. The number of benzene rings is 1. The van der Waals surface area contributed by atoms with Gasteiger partial charge in [-0.3, -0.25) is 19.0 Å². The molecule has 4 rings (SSSR count). The number of H-pyrrole nitrogens is 1. The molecule has 2 aromatic rings. The summed E-state index contributed by atoms with van der Waals surface area (Å²) in [5.41, 5.74) is -0.949. The minimum absolute atomic E-state index is 0.0404. The maximum atomic E-state index is 14.2. The van der Waals surface area contributed by atoms with Gasteiger partial charge in [0.2, 0.25) is 11.8 Å². The normalized spacial score (nSPS) is 21.6. The first-order chi connectivity index (χ1) is 15.8. The molecule has 178 valence electrons. The van der Waals surface area contributed by atoms with Crippen LogP contribution in [0.5, 0.6) is 0 Å². The molecule has 1 aromatic heterocycles. The second-order valence-corrected chi connectivity index (χ2v) is 9.53. The van der Waals surface area contributed by atoms with E-state index in [0.717, 1.165) is 17.4 Å². The fourth-order valence-corrected chi connectivity index (χ4v) is 5.04. The summed E-state index contributed by atoms with van der Waals surface area (Å²) in [6, 6.07) is 4.18. The number of carbonyl (C=O) groups is 2. The van der Waals surface area contributed by atoms with Gasteiger partial charge < -0.3 is 14.8 Å². The first kappa shape index (κ1) is 23.2. The van der Waals surface area contributed by atoms with E-state index >= 15 is 0 Å². The molecule has 0 bridgehead atoms. The molecule has 1 aromatic carbocycles. The van der Waals surface area contributed by atoms with Crippen molar-refractivity contribution in [2.24, 2.45) is 17.8 Å². The molecular formula is C24H31FN4O4. The number of halogens is 1. The molecule has 0 atom stereocenters. The SMILES string of the molecule is CC(C)C(=O)N1CCN(C(=O)[C@H]2CC[C@H](Cn3c(=O)[nH]c4cccc(F)c4c3=O)CC2)CC1. The number of amides is 2. The van der Waals surface area contributed by atoms with E-state index in [0.29, 0.717) is 39.0 Å². The van der Waals surface area contributed by atoms with Crippen LogP contribution in [-0.4, -0.2) is 57.3 Å². The van der Waals surface area contributed by atoms with Crippen LogP contribution in [0.2, 0.25) is 0 Å². The Kier molecular flexibility index (Phi) is 6.67. The Morgan fingerprint density at radius 2 is 1.67 bits per heavy atom. The van der Waals surface area contributed by atoms with Crippen LogP contribution in [0.15, 0.2) is 27.8 Å². The fraction of sp³-hybridized carbons (Fsp3) is 0.583. The lowest BCUT2D eigenvalue weighted by molar-refractivity contribution is -0.144. The Labute approximate surface area is 191 Å². The van der Waals surface area contributed by atoms with E-state index in [1.54, 1.807) is 0 Å². The number of fused-ring (bicyclic) bond motifs is 1. The zero-order valence-corrected chi connectivity index (χ0v) is 19.2. The second kappa shape index (κ2) is 9.49. The molecule has 1 aliphatic carbocycles. The van der Waals surface area contributed by atoms with E-state index in [1.165, 1.54) is 18.2 Å². The Morgan fingerprint density at radius 1 is 1.03 bits per heavy atom. The second-order valence-electron chi connectivity index (χ2n) is 9.53. The van der Waals surface area contributed by atoms with Crippen molar-refractivity contribution in [1.29, 1.82) is 0 Å². The van der Waals surface area contributed by atoms with Crippen molar-refractivity contribution in [2.75, 3.05) is 26.2 Å². The Hall–Kier alpha value is -2.97. The quantitative estimate of drug-likeness (QED) is 0.758. The highest BCUT2D eigenvalue weighted by atomic mass is 19.1. The van der Waals surface area contributed by atoms with E-state index in [2.05, 4.69) is 4.98 Å². The summed E-state index contributed by atoms with van der Waals surface area (Å²) >= 11 is 0. The third-order valence-electron chi connectivity index (χ3n) is 6.99. The van der Waals surface area contributed by atoms with Gasteiger partial charge in [0, 0.05) is 44.6 Å². The fourth-order valence-electron chi connectivity index (χ4n) is 5.04. The predicted octanol–water partition coefficient (Wildman–Crippen LogP) is 1.96. The van der Waals surface area contributed by atoms with Gasteiger partial charge in [0.25, 0.3) is 5.56 Å². The van der Waals surface area contributed by atoms with Crippen LogP contribution in [-0.2, 0) is 16.1 Å². The monoisotopic (exact) mass is 458 g/mol. The van der Waals surface area contributed by atoms with Crippen molar-refractivity contribution < 1.29 is 14.0 Å². The molecule has 1 aliphatic heterocycles. The van der Waals surface area contributed by atoms with Gasteiger partial charge in [-0.15, -0.1) is 0 Å². The summed E-state index contributed by atoms with van der Waals surface area (Å²) in [6.45, 7) is 6.25. The number of hydrogen-bond donors (Lipinski definition) is 1. The lowest BCUT2D eigenvalue weighted by atomic mass is 9.81. The van der Waals surface area contributed by atoms with Gasteiger partial charge >= 0.3 is 5.69 Å². The Bertz CT molecular complexity index is 1160. The highest BCUT2D eigenvalue weighted by Crippen LogP contribution is 2.31. The molecule has 8 nitrogen and oxygen atoms in total. The number of piperazine rings is 1. The van der Waals surface area contributed by atoms with E-state index in [-0.39, 0.29) is 47.0 Å². The van der Waals surface area contributed by atoms with Crippen LogP contribution >= 0.6 is 0 Å². The van der Waals surface area contributed by atoms with Gasteiger partial charge in [0.1, 0.15) is 5.82 Å². The number of nitrogens with zero attached hydrogens (tertiary/aromatic N) is 3. The van der Waals surface area contributed by atoms with E-state index in [4.69, 9.17) is 0 Å². The largest absolute Gasteiger partial charge is 0.339 e. The lowest BCUT2D eigenvalue weighted by Crippen LogP contribution is -2.53. The van der Waals surface area contributed by atoms with Gasteiger partial charge in [0.15, 0.2) is 0 Å². The van der Waals surface area contributed by atoms with Crippen LogP contribution in [0.4, 0.5) is 4.39 Å². The summed E-state index contributed by atoms with van der Waals surface area (Å²) in [4.78, 5) is 56.6. The molecule has 1 N–H and O–H groups in total. The zero-order valence-electron chi connectivity index (χ0n) is 19.2. The topological polar surface area (TPSA) is 95.5 Å². The molecule has 0 unspecified atom stereocenters. The number of aromatic nitrogens is 2. The van der Waals surface area contributed by atoms with Crippen LogP contribution in [0.1, 0.15) is 39.5 Å². The number of aromatic amines is 1. The van der Waals surface area contributed by atoms with Crippen LogP contribution in [0.3, 0.4) is 0 Å². The van der Waals surface area contributed by atoms with Crippen molar-refractivity contribution >= 4 is 22.7 Å². The standard InChI is InChI=1S/C24H31FN4O4/c1-15(2)21(30)27-10-12-28(13-11-27)22(31)17-8-6-16(7-9-17)14-29-23(32)20-18(25)4-3-5-19(20)26-24(29)33/h3-5,15-17H,6-14H2,1-2H3,(H,26,33)/t16-,17-. The summed E-state index contributed by atoms with van der Waals surface area (Å²) in [7, 11) is 0.